The van der Waals surface area contributed by atoms with Crippen LogP contribution in [0.3, 0.4) is 0 Å². The molecule has 19 heavy (non-hydrogen) atoms. The fourth-order valence-corrected chi connectivity index (χ4v) is 1.64. The number of aliphatic hydroxyl groups is 1. The molecule has 2 N–H and O–H groups in total. The number of aromatic amines is 1. The quantitative estimate of drug-likeness (QED) is 0.757. The van der Waals surface area contributed by atoms with Gasteiger partial charge >= 0.3 is 5.69 Å². The van der Waals surface area contributed by atoms with Gasteiger partial charge in [0.05, 0.1) is 13.2 Å². The Morgan fingerprint density at radius 3 is 2.68 bits per heavy atom. The number of ether oxygens (including phenoxy) is 1. The Morgan fingerprint density at radius 2 is 2.05 bits per heavy atom. The monoisotopic (exact) mass is 263 g/mol. The molecule has 0 bridgehead atoms. The second-order valence-corrected chi connectivity index (χ2v) is 3.74. The molecule has 0 fully saturated rings. The van der Waals surface area contributed by atoms with Crippen molar-refractivity contribution in [2.24, 2.45) is 0 Å². The maximum Gasteiger partial charge on any atom is 0.330 e. The van der Waals surface area contributed by atoms with E-state index in [9.17, 15) is 9.59 Å². The Balaban J connectivity index is 2.43. The summed E-state index contributed by atoms with van der Waals surface area (Å²) in [6.07, 6.45) is 3.77. The summed E-state index contributed by atoms with van der Waals surface area (Å²) in [5.74, 6) is 0. The standard InChI is InChI=1S/C12H13N3O4/c16-7-8-19-11(9-1-4-13-5-2-9)15-6-3-10(17)14-12(15)18/h1-6,11,16H,7-8H2,(H,14,17,18). The van der Waals surface area contributed by atoms with Crippen LogP contribution in [0, 0.1) is 0 Å². The van der Waals surface area contributed by atoms with Gasteiger partial charge in [0.1, 0.15) is 0 Å². The third kappa shape index (κ3) is 3.15. The predicted molar refractivity (Wildman–Crippen MR) is 66.7 cm³/mol. The van der Waals surface area contributed by atoms with Gasteiger partial charge in [-0.1, -0.05) is 0 Å². The van der Waals surface area contributed by atoms with E-state index in [0.29, 0.717) is 5.56 Å². The zero-order valence-electron chi connectivity index (χ0n) is 10.0. The summed E-state index contributed by atoms with van der Waals surface area (Å²) in [5.41, 5.74) is -0.360. The van der Waals surface area contributed by atoms with Gasteiger partial charge in [0.15, 0.2) is 6.23 Å². The second-order valence-electron chi connectivity index (χ2n) is 3.74. The van der Waals surface area contributed by atoms with Crippen LogP contribution in [0.25, 0.3) is 0 Å². The molecule has 2 aromatic rings. The van der Waals surface area contributed by atoms with Gasteiger partial charge in [-0.15, -0.1) is 0 Å². The Hall–Kier alpha value is -2.25. The summed E-state index contributed by atoms with van der Waals surface area (Å²) in [6.45, 7) is -0.0990. The van der Waals surface area contributed by atoms with Crippen LogP contribution in [0.5, 0.6) is 0 Å². The number of rotatable bonds is 5. The van der Waals surface area contributed by atoms with Gasteiger partial charge in [0, 0.05) is 30.2 Å². The first-order chi connectivity index (χ1) is 9.22. The number of hydrogen-bond donors (Lipinski definition) is 2. The first-order valence-corrected chi connectivity index (χ1v) is 5.66. The summed E-state index contributed by atoms with van der Waals surface area (Å²) < 4.78 is 6.69. The van der Waals surface area contributed by atoms with Crippen molar-refractivity contribution < 1.29 is 9.84 Å². The summed E-state index contributed by atoms with van der Waals surface area (Å²) in [7, 11) is 0. The van der Waals surface area contributed by atoms with Crippen molar-refractivity contribution in [1.82, 2.24) is 14.5 Å². The van der Waals surface area contributed by atoms with E-state index in [-0.39, 0.29) is 13.2 Å². The lowest BCUT2D eigenvalue weighted by molar-refractivity contribution is 0.00790. The summed E-state index contributed by atoms with van der Waals surface area (Å²) in [6, 6.07) is 4.62. The maximum atomic E-state index is 11.8. The smallest absolute Gasteiger partial charge is 0.330 e. The summed E-state index contributed by atoms with van der Waals surface area (Å²) in [4.78, 5) is 28.9. The van der Waals surface area contributed by atoms with Crippen LogP contribution in [0.1, 0.15) is 11.8 Å². The van der Waals surface area contributed by atoms with E-state index in [1.54, 1.807) is 24.5 Å². The highest BCUT2D eigenvalue weighted by molar-refractivity contribution is 5.14. The van der Waals surface area contributed by atoms with Crippen molar-refractivity contribution in [3.63, 3.8) is 0 Å². The molecule has 0 radical (unpaired) electrons. The lowest BCUT2D eigenvalue weighted by atomic mass is 10.2. The molecule has 2 heterocycles. The molecule has 0 amide bonds. The van der Waals surface area contributed by atoms with Crippen LogP contribution in [-0.2, 0) is 4.74 Å². The highest BCUT2D eigenvalue weighted by Gasteiger charge is 2.15. The van der Waals surface area contributed by atoms with Gasteiger partial charge < -0.3 is 9.84 Å². The number of H-pyrrole nitrogens is 1. The van der Waals surface area contributed by atoms with E-state index in [1.165, 1.54) is 16.8 Å². The van der Waals surface area contributed by atoms with E-state index >= 15 is 0 Å². The number of hydrogen-bond acceptors (Lipinski definition) is 5. The zero-order valence-corrected chi connectivity index (χ0v) is 10.0. The highest BCUT2D eigenvalue weighted by Crippen LogP contribution is 2.16. The van der Waals surface area contributed by atoms with Gasteiger partial charge in [0.25, 0.3) is 5.56 Å². The Kier molecular flexibility index (Phi) is 4.22. The predicted octanol–water partition coefficient (Wildman–Crippen LogP) is -0.513. The van der Waals surface area contributed by atoms with Crippen LogP contribution < -0.4 is 11.2 Å². The highest BCUT2D eigenvalue weighted by atomic mass is 16.5. The van der Waals surface area contributed by atoms with Gasteiger partial charge in [-0.05, 0) is 12.1 Å². The number of aromatic nitrogens is 3. The van der Waals surface area contributed by atoms with E-state index in [2.05, 4.69) is 9.97 Å². The van der Waals surface area contributed by atoms with Gasteiger partial charge in [-0.25, -0.2) is 4.79 Å². The van der Waals surface area contributed by atoms with Crippen LogP contribution in [0.15, 0.2) is 46.4 Å². The lowest BCUT2D eigenvalue weighted by Gasteiger charge is -2.19. The van der Waals surface area contributed by atoms with Gasteiger partial charge in [-0.2, -0.15) is 0 Å². The molecular formula is C12H13N3O4. The molecule has 0 aliphatic carbocycles. The Bertz CT molecular complexity index is 635. The minimum Gasteiger partial charge on any atom is -0.394 e. The van der Waals surface area contributed by atoms with Gasteiger partial charge in [-0.3, -0.25) is 19.3 Å². The molecule has 2 rings (SSSR count). The minimum absolute atomic E-state index is 0.0680. The number of nitrogens with zero attached hydrogens (tertiary/aromatic N) is 2. The molecule has 0 saturated heterocycles. The molecule has 7 heteroatoms. The normalized spacial score (nSPS) is 12.3. The molecule has 7 nitrogen and oxygen atoms in total. The lowest BCUT2D eigenvalue weighted by Crippen LogP contribution is -2.33. The van der Waals surface area contributed by atoms with Crippen LogP contribution in [0.2, 0.25) is 0 Å². The molecule has 0 aliphatic rings. The Morgan fingerprint density at radius 1 is 1.32 bits per heavy atom. The topological polar surface area (TPSA) is 97.2 Å². The van der Waals surface area contributed by atoms with Gasteiger partial charge in [0.2, 0.25) is 0 Å². The zero-order chi connectivity index (χ0) is 13.7. The Labute approximate surface area is 108 Å². The molecule has 0 spiro atoms. The molecular weight excluding hydrogens is 250 g/mol. The molecule has 2 aromatic heterocycles. The largest absolute Gasteiger partial charge is 0.394 e. The number of aliphatic hydroxyl groups excluding tert-OH is 1. The van der Waals surface area contributed by atoms with Crippen molar-refractivity contribution in [3.05, 3.63) is 63.2 Å². The van der Waals surface area contributed by atoms with Crippen molar-refractivity contribution >= 4 is 0 Å². The fraction of sp³-hybridized carbons (Fsp3) is 0.250. The third-order valence-electron chi connectivity index (χ3n) is 2.46. The molecule has 0 aliphatic heterocycles. The van der Waals surface area contributed by atoms with E-state index in [1.807, 2.05) is 0 Å². The van der Waals surface area contributed by atoms with E-state index < -0.39 is 17.5 Å². The van der Waals surface area contributed by atoms with Crippen molar-refractivity contribution in [2.75, 3.05) is 13.2 Å². The van der Waals surface area contributed by atoms with Crippen molar-refractivity contribution in [2.45, 2.75) is 6.23 Å². The molecule has 1 atom stereocenters. The van der Waals surface area contributed by atoms with Crippen LogP contribution >= 0.6 is 0 Å². The van der Waals surface area contributed by atoms with Crippen LogP contribution in [0.4, 0.5) is 0 Å². The van der Waals surface area contributed by atoms with E-state index in [0.717, 1.165) is 0 Å². The summed E-state index contributed by atoms with van der Waals surface area (Å²) in [5, 5.41) is 8.84. The molecule has 0 aromatic carbocycles. The molecule has 100 valence electrons. The van der Waals surface area contributed by atoms with Crippen LogP contribution in [-0.4, -0.2) is 32.9 Å². The number of pyridine rings is 1. The van der Waals surface area contributed by atoms with Crippen molar-refractivity contribution in [3.8, 4) is 0 Å². The van der Waals surface area contributed by atoms with Crippen molar-refractivity contribution in [1.29, 1.82) is 0 Å². The number of nitrogens with one attached hydrogen (secondary N) is 1. The molecule has 1 unspecified atom stereocenters. The fourth-order valence-electron chi connectivity index (χ4n) is 1.64. The maximum absolute atomic E-state index is 11.8. The first-order valence-electron chi connectivity index (χ1n) is 5.66. The second kappa shape index (κ2) is 6.07. The average molecular weight is 263 g/mol. The summed E-state index contributed by atoms with van der Waals surface area (Å²) >= 11 is 0. The third-order valence-corrected chi connectivity index (χ3v) is 2.46. The SMILES string of the molecule is O=c1ccn(C(OCCO)c2ccncc2)c(=O)[nH]1. The first kappa shape index (κ1) is 13.2. The van der Waals surface area contributed by atoms with E-state index in [4.69, 9.17) is 9.84 Å². The minimum atomic E-state index is -0.723. The average Bonchev–Trinajstić information content (AvgIpc) is 2.42. The molecule has 0 saturated carbocycles.